The lowest BCUT2D eigenvalue weighted by atomic mass is 9.91. The number of carbonyl (C=O) groups excluding carboxylic acids is 1. The van der Waals surface area contributed by atoms with E-state index >= 15 is 4.39 Å². The first kappa shape index (κ1) is 24.9. The zero-order valence-corrected chi connectivity index (χ0v) is 21.1. The predicted molar refractivity (Wildman–Crippen MR) is 131 cm³/mol. The summed E-state index contributed by atoms with van der Waals surface area (Å²) in [5.74, 6) is 5.34. The number of rotatable bonds is 5. The number of hydrogen-bond donors (Lipinski definition) is 2. The van der Waals surface area contributed by atoms with Gasteiger partial charge in [-0.15, -0.1) is 0 Å². The standard InChI is InChI=1S/C24H34FN5O5/c1-12-10-28(11-16(12)13(2)27-22(32)35-24(3,4)5)19-17(25)9-15-18(20(19)34-6)29(14-7-8-14)23(33)30(26)21(15)31/h9,12-14,16H,7-8,10-11,26H2,1-6H3,(H,27,32). The monoisotopic (exact) mass is 491 g/mol. The van der Waals surface area contributed by atoms with Crippen molar-refractivity contribution in [3.05, 3.63) is 32.7 Å². The van der Waals surface area contributed by atoms with Crippen LogP contribution in [0.1, 0.15) is 53.5 Å². The summed E-state index contributed by atoms with van der Waals surface area (Å²) in [5, 5.41) is 2.89. The van der Waals surface area contributed by atoms with Gasteiger partial charge in [-0.25, -0.2) is 14.0 Å². The van der Waals surface area contributed by atoms with Crippen LogP contribution in [0, 0.1) is 17.7 Å². The molecule has 2 aliphatic rings. The summed E-state index contributed by atoms with van der Waals surface area (Å²) in [5.41, 5.74) is -1.57. The van der Waals surface area contributed by atoms with Gasteiger partial charge in [0, 0.05) is 31.1 Å². The number of hydrogen-bond acceptors (Lipinski definition) is 7. The summed E-state index contributed by atoms with van der Waals surface area (Å²) in [4.78, 5) is 39.7. The molecule has 3 N–H and O–H groups in total. The van der Waals surface area contributed by atoms with Crippen LogP contribution in [0.4, 0.5) is 14.9 Å². The van der Waals surface area contributed by atoms with E-state index in [1.165, 1.54) is 11.7 Å². The van der Waals surface area contributed by atoms with Crippen LogP contribution >= 0.6 is 0 Å². The molecule has 1 aromatic carbocycles. The molecule has 3 unspecified atom stereocenters. The quantitative estimate of drug-likeness (QED) is 0.616. The van der Waals surface area contributed by atoms with Gasteiger partial charge in [-0.05, 0) is 52.5 Å². The molecular formula is C24H34FN5O5. The first-order valence-electron chi connectivity index (χ1n) is 11.9. The minimum Gasteiger partial charge on any atom is -0.492 e. The van der Waals surface area contributed by atoms with Crippen molar-refractivity contribution in [3.8, 4) is 5.75 Å². The maximum atomic E-state index is 15.5. The maximum absolute atomic E-state index is 15.5. The lowest BCUT2D eigenvalue weighted by Gasteiger charge is -2.27. The van der Waals surface area contributed by atoms with Gasteiger partial charge in [0.1, 0.15) is 16.8 Å². The molecule has 3 atom stereocenters. The van der Waals surface area contributed by atoms with E-state index in [-0.39, 0.29) is 46.3 Å². The second-order valence-electron chi connectivity index (χ2n) is 10.7. The van der Waals surface area contributed by atoms with Crippen molar-refractivity contribution in [3.63, 3.8) is 0 Å². The Morgan fingerprint density at radius 1 is 1.26 bits per heavy atom. The normalized spacial score (nSPS) is 21.3. The van der Waals surface area contributed by atoms with Gasteiger partial charge in [0.2, 0.25) is 0 Å². The molecule has 1 aliphatic carbocycles. The first-order valence-corrected chi connectivity index (χ1v) is 11.9. The van der Waals surface area contributed by atoms with Gasteiger partial charge in [-0.1, -0.05) is 6.92 Å². The van der Waals surface area contributed by atoms with Crippen molar-refractivity contribution >= 4 is 22.7 Å². The van der Waals surface area contributed by atoms with Gasteiger partial charge in [0.25, 0.3) is 5.56 Å². The molecule has 2 aromatic rings. The molecule has 0 radical (unpaired) electrons. The highest BCUT2D eigenvalue weighted by atomic mass is 19.1. The van der Waals surface area contributed by atoms with Crippen molar-refractivity contribution in [2.75, 3.05) is 30.9 Å². The molecule has 11 heteroatoms. The average Bonchev–Trinajstić information content (AvgIpc) is 3.51. The molecule has 1 aromatic heterocycles. The Balaban J connectivity index is 1.73. The van der Waals surface area contributed by atoms with Crippen molar-refractivity contribution in [2.45, 2.75) is 65.1 Å². The van der Waals surface area contributed by atoms with E-state index in [0.717, 1.165) is 18.9 Å². The zero-order chi connectivity index (χ0) is 25.8. The summed E-state index contributed by atoms with van der Waals surface area (Å²) in [7, 11) is 1.40. The highest BCUT2D eigenvalue weighted by Crippen LogP contribution is 2.44. The molecule has 2 heterocycles. The van der Waals surface area contributed by atoms with Crippen LogP contribution < -0.4 is 32.0 Å². The van der Waals surface area contributed by atoms with Gasteiger partial charge < -0.3 is 25.5 Å². The smallest absolute Gasteiger partial charge is 0.407 e. The lowest BCUT2D eigenvalue weighted by Crippen LogP contribution is -2.44. The number of benzene rings is 1. The summed E-state index contributed by atoms with van der Waals surface area (Å²) >= 11 is 0. The Hall–Kier alpha value is -3.24. The first-order chi connectivity index (χ1) is 16.3. The summed E-state index contributed by atoms with van der Waals surface area (Å²) < 4.78 is 28.5. The van der Waals surface area contributed by atoms with E-state index in [0.29, 0.717) is 17.8 Å². The van der Waals surface area contributed by atoms with E-state index in [1.807, 2.05) is 18.7 Å². The summed E-state index contributed by atoms with van der Waals surface area (Å²) in [6.07, 6.45) is 1.02. The second kappa shape index (κ2) is 8.76. The van der Waals surface area contributed by atoms with Crippen LogP contribution in [0.25, 0.3) is 10.9 Å². The molecule has 1 aliphatic heterocycles. The number of nitrogen functional groups attached to an aromatic ring is 1. The third-order valence-corrected chi connectivity index (χ3v) is 6.77. The molecule has 4 rings (SSSR count). The van der Waals surface area contributed by atoms with E-state index < -0.39 is 28.8 Å². The molecule has 1 saturated heterocycles. The number of aromatic nitrogens is 2. The van der Waals surface area contributed by atoms with Crippen molar-refractivity contribution < 1.29 is 18.7 Å². The van der Waals surface area contributed by atoms with E-state index in [4.69, 9.17) is 15.3 Å². The molecule has 2 fully saturated rings. The maximum Gasteiger partial charge on any atom is 0.407 e. The number of nitrogens with zero attached hydrogens (tertiary/aromatic N) is 3. The molecular weight excluding hydrogens is 457 g/mol. The Morgan fingerprint density at radius 3 is 2.49 bits per heavy atom. The predicted octanol–water partition coefficient (Wildman–Crippen LogP) is 2.35. The number of nitrogens with one attached hydrogen (secondary N) is 1. The number of methoxy groups -OCH3 is 1. The molecule has 192 valence electrons. The van der Waals surface area contributed by atoms with E-state index in [9.17, 15) is 14.4 Å². The molecule has 0 bridgehead atoms. The molecule has 10 nitrogen and oxygen atoms in total. The highest BCUT2D eigenvalue weighted by Gasteiger charge is 2.38. The highest BCUT2D eigenvalue weighted by molar-refractivity contribution is 5.91. The van der Waals surface area contributed by atoms with Crippen LogP contribution in [0.3, 0.4) is 0 Å². The van der Waals surface area contributed by atoms with Crippen molar-refractivity contribution in [1.29, 1.82) is 0 Å². The fraction of sp³-hybridized carbons (Fsp3) is 0.625. The molecule has 35 heavy (non-hydrogen) atoms. The number of ether oxygens (including phenoxy) is 2. The molecule has 1 amide bonds. The fourth-order valence-electron chi connectivity index (χ4n) is 5.02. The molecule has 0 spiro atoms. The number of anilines is 1. The zero-order valence-electron chi connectivity index (χ0n) is 21.1. The summed E-state index contributed by atoms with van der Waals surface area (Å²) in [6, 6.07) is 0.793. The van der Waals surface area contributed by atoms with E-state index in [2.05, 4.69) is 5.32 Å². The third-order valence-electron chi connectivity index (χ3n) is 6.77. The second-order valence-corrected chi connectivity index (χ2v) is 10.7. The minimum absolute atomic E-state index is 0.000792. The number of amides is 1. The van der Waals surface area contributed by atoms with Crippen LogP contribution in [-0.2, 0) is 4.74 Å². The minimum atomic E-state index is -0.770. The third kappa shape index (κ3) is 4.55. The average molecular weight is 492 g/mol. The largest absolute Gasteiger partial charge is 0.492 e. The summed E-state index contributed by atoms with van der Waals surface area (Å²) in [6.45, 7) is 10.3. The van der Waals surface area contributed by atoms with E-state index in [1.54, 1.807) is 20.8 Å². The topological polar surface area (TPSA) is 121 Å². The Labute approximate surface area is 202 Å². The Morgan fingerprint density at radius 2 is 1.91 bits per heavy atom. The molecule has 1 saturated carbocycles. The van der Waals surface area contributed by atoms with Crippen LogP contribution in [-0.4, -0.2) is 47.2 Å². The fourth-order valence-corrected chi connectivity index (χ4v) is 5.02. The number of nitrogens with two attached hydrogens (primary N) is 1. The Kier molecular flexibility index (Phi) is 6.23. The number of carbonyl (C=O) groups is 1. The van der Waals surface area contributed by atoms with Gasteiger partial charge in [-0.2, -0.15) is 4.68 Å². The SMILES string of the molecule is COc1c(N2CC(C)C(C(C)NC(=O)OC(C)(C)C)C2)c(F)cc2c(=O)n(N)c(=O)n(C3CC3)c12. The van der Waals surface area contributed by atoms with Gasteiger partial charge in [-0.3, -0.25) is 9.36 Å². The van der Waals surface area contributed by atoms with Crippen molar-refractivity contribution in [2.24, 2.45) is 11.8 Å². The van der Waals surface area contributed by atoms with Crippen LogP contribution in [0.5, 0.6) is 5.75 Å². The number of alkyl carbamates (subject to hydrolysis) is 1. The van der Waals surface area contributed by atoms with Crippen molar-refractivity contribution in [1.82, 2.24) is 14.6 Å². The lowest BCUT2D eigenvalue weighted by molar-refractivity contribution is 0.0489. The van der Waals surface area contributed by atoms with Gasteiger partial charge >= 0.3 is 11.8 Å². The van der Waals surface area contributed by atoms with Gasteiger partial charge in [0.05, 0.1) is 12.5 Å². The van der Waals surface area contributed by atoms with Crippen LogP contribution in [0.2, 0.25) is 0 Å². The number of halogens is 1. The van der Waals surface area contributed by atoms with Gasteiger partial charge in [0.15, 0.2) is 11.6 Å². The Bertz CT molecular complexity index is 1280. The number of fused-ring (bicyclic) bond motifs is 1. The van der Waals surface area contributed by atoms with Crippen LogP contribution in [0.15, 0.2) is 15.7 Å².